The largest absolute Gasteiger partial charge is 0.556 e. The van der Waals surface area contributed by atoms with Gasteiger partial charge in [0.15, 0.2) is 0 Å². The molecule has 0 aromatic carbocycles. The molecule has 0 bridgehead atoms. The lowest BCUT2D eigenvalue weighted by molar-refractivity contribution is 0.377. The minimum Gasteiger partial charge on any atom is -0.198 e. The van der Waals surface area contributed by atoms with E-state index in [-0.39, 0.29) is 6.04 Å². The van der Waals surface area contributed by atoms with E-state index in [9.17, 15) is 4.57 Å². The Kier molecular flexibility index (Phi) is 5.41. The molecule has 0 aromatic rings. The first-order valence-electron chi connectivity index (χ1n) is 3.36. The molecule has 0 amide bonds. The molecule has 62 valence electrons. The molecule has 5 heteroatoms. The topological polar surface area (TPSA) is 44.1 Å². The fourth-order valence-corrected chi connectivity index (χ4v) is 2.05. The van der Waals surface area contributed by atoms with Crippen LogP contribution < -0.4 is 0 Å². The number of nitriles is 1. The van der Waals surface area contributed by atoms with Gasteiger partial charge in [-0.3, -0.25) is 0 Å². The quantitative estimate of drug-likeness (QED) is 0.645. The summed E-state index contributed by atoms with van der Waals surface area (Å²) in [5.41, 5.74) is 0. The Hall–Kier alpha value is -0.160. The maximum atomic E-state index is 10.8. The van der Waals surface area contributed by atoms with E-state index >= 15 is 0 Å². The Labute approximate surface area is 72.6 Å². The molecule has 0 aromatic heterocycles. The lowest BCUT2D eigenvalue weighted by atomic mass is 10.3. The van der Waals surface area contributed by atoms with Crippen LogP contribution in [0.1, 0.15) is 20.3 Å². The van der Waals surface area contributed by atoms with Gasteiger partial charge in [-0.1, -0.05) is 4.67 Å². The lowest BCUT2D eigenvalue weighted by Gasteiger charge is -2.09. The molecule has 0 fully saturated rings. The summed E-state index contributed by atoms with van der Waals surface area (Å²) in [5.74, 6) is 0. The molecule has 11 heavy (non-hydrogen) atoms. The van der Waals surface area contributed by atoms with Gasteiger partial charge in [-0.05, 0) is 18.4 Å². The van der Waals surface area contributed by atoms with Crippen molar-refractivity contribution in [1.82, 2.24) is 4.67 Å². The number of rotatable bonds is 4. The van der Waals surface area contributed by atoms with Gasteiger partial charge < -0.3 is 0 Å². The number of hydrogen-bond donors (Lipinski definition) is 0. The monoisotopic (exact) mass is 193 g/mol. The van der Waals surface area contributed by atoms with E-state index in [4.69, 9.17) is 16.5 Å². The minimum absolute atomic E-state index is 0.129. The molecule has 1 unspecified atom stereocenters. The molecular weight excluding hydrogens is 183 g/mol. The van der Waals surface area contributed by atoms with Gasteiger partial charge in [0.25, 0.3) is 0 Å². The van der Waals surface area contributed by atoms with Crippen LogP contribution in [-0.2, 0) is 4.57 Å². The normalized spacial score (nSPS) is 11.8. The maximum Gasteiger partial charge on any atom is 0.556 e. The third-order valence-corrected chi connectivity index (χ3v) is 2.90. The van der Waals surface area contributed by atoms with Gasteiger partial charge in [-0.2, -0.15) is 5.26 Å². The van der Waals surface area contributed by atoms with Crippen molar-refractivity contribution < 1.29 is 4.57 Å². The first-order valence-corrected chi connectivity index (χ1v) is 5.48. The molecule has 0 saturated heterocycles. The molecule has 3 nitrogen and oxygen atoms in total. The Morgan fingerprint density at radius 2 is 2.27 bits per heavy atom. The summed E-state index contributed by atoms with van der Waals surface area (Å²) >= 11 is 5.40. The third kappa shape index (κ3) is 4.31. The second-order valence-corrected chi connectivity index (χ2v) is 4.23. The van der Waals surface area contributed by atoms with Crippen LogP contribution in [0.2, 0.25) is 0 Å². The van der Waals surface area contributed by atoms with Gasteiger partial charge in [0.1, 0.15) is 0 Å². The molecule has 0 N–H and O–H groups in total. The molecule has 0 aliphatic carbocycles. The van der Waals surface area contributed by atoms with E-state index in [0.29, 0.717) is 13.0 Å². The Bertz CT molecular complexity index is 178. The van der Waals surface area contributed by atoms with Crippen LogP contribution in [0, 0.1) is 11.3 Å². The van der Waals surface area contributed by atoms with Crippen LogP contribution in [0.4, 0.5) is 0 Å². The lowest BCUT2D eigenvalue weighted by Crippen LogP contribution is -2.23. The van der Waals surface area contributed by atoms with Gasteiger partial charge in [0.05, 0.1) is 25.1 Å². The minimum atomic E-state index is -1.81. The van der Waals surface area contributed by atoms with E-state index in [2.05, 4.69) is 0 Å². The van der Waals surface area contributed by atoms with Crippen LogP contribution in [0.25, 0.3) is 0 Å². The van der Waals surface area contributed by atoms with Crippen molar-refractivity contribution in [3.63, 3.8) is 0 Å². The Morgan fingerprint density at radius 1 is 1.73 bits per heavy atom. The summed E-state index contributed by atoms with van der Waals surface area (Å²) in [6, 6.07) is 2.11. The molecule has 0 radical (unpaired) electrons. The van der Waals surface area contributed by atoms with Crippen molar-refractivity contribution in [3.8, 4) is 6.07 Å². The summed E-state index contributed by atoms with van der Waals surface area (Å²) in [7, 11) is -1.81. The van der Waals surface area contributed by atoms with Crippen LogP contribution in [0.15, 0.2) is 0 Å². The second-order valence-electron chi connectivity index (χ2n) is 2.39. The van der Waals surface area contributed by atoms with Crippen molar-refractivity contribution in [2.45, 2.75) is 26.3 Å². The van der Waals surface area contributed by atoms with Crippen LogP contribution >= 0.6 is 18.5 Å². The van der Waals surface area contributed by atoms with Crippen LogP contribution in [0.3, 0.4) is 0 Å². The average Bonchev–Trinajstić information content (AvgIpc) is 1.87. The van der Waals surface area contributed by atoms with Gasteiger partial charge in [0, 0.05) is 0 Å². The Balaban J connectivity index is 3.92. The van der Waals surface area contributed by atoms with Gasteiger partial charge >= 0.3 is 7.30 Å². The summed E-state index contributed by atoms with van der Waals surface area (Å²) in [4.78, 5) is 0. The van der Waals surface area contributed by atoms with Crippen molar-refractivity contribution >= 4 is 18.5 Å². The van der Waals surface area contributed by atoms with E-state index in [1.807, 2.05) is 19.9 Å². The highest BCUT2D eigenvalue weighted by molar-refractivity contribution is 7.71. The molecule has 1 atom stereocenters. The molecule has 0 heterocycles. The molecule has 0 aliphatic heterocycles. The smallest absolute Gasteiger partial charge is 0.198 e. The first-order chi connectivity index (χ1) is 5.09. The van der Waals surface area contributed by atoms with E-state index in [1.165, 1.54) is 0 Å². The summed E-state index contributed by atoms with van der Waals surface area (Å²) in [6.45, 7) is 4.27. The molecule has 0 saturated carbocycles. The van der Waals surface area contributed by atoms with E-state index < -0.39 is 7.30 Å². The zero-order chi connectivity index (χ0) is 8.85. The predicted octanol–water partition coefficient (Wildman–Crippen LogP) is 2.51. The van der Waals surface area contributed by atoms with Crippen molar-refractivity contribution in [2.75, 3.05) is 6.54 Å². The highest BCUT2D eigenvalue weighted by atomic mass is 35.7. The molecule has 0 aliphatic rings. The number of hydrogen-bond acceptors (Lipinski definition) is 2. The molecule has 0 spiro atoms. The van der Waals surface area contributed by atoms with Gasteiger partial charge in [-0.25, -0.2) is 0 Å². The maximum absolute atomic E-state index is 10.8. The van der Waals surface area contributed by atoms with Crippen LogP contribution in [-0.4, -0.2) is 17.3 Å². The summed E-state index contributed by atoms with van der Waals surface area (Å²) in [6.07, 6.45) is 0.367. The zero-order valence-corrected chi connectivity index (χ0v) is 8.27. The van der Waals surface area contributed by atoms with Crippen molar-refractivity contribution in [2.24, 2.45) is 0 Å². The average molecular weight is 194 g/mol. The third-order valence-electron chi connectivity index (χ3n) is 1.25. The molecule has 0 rings (SSSR count). The highest BCUT2D eigenvalue weighted by Gasteiger charge is 2.27. The Morgan fingerprint density at radius 3 is 2.55 bits per heavy atom. The van der Waals surface area contributed by atoms with E-state index in [1.54, 1.807) is 4.67 Å². The SMILES string of the molecule is CC(C)N(CCC#N)[P+](=O)Cl. The fraction of sp³-hybridized carbons (Fsp3) is 0.833. The summed E-state index contributed by atoms with van der Waals surface area (Å²) < 4.78 is 12.4. The summed E-state index contributed by atoms with van der Waals surface area (Å²) in [5, 5.41) is 8.26. The standard InChI is InChI=1S/C6H11ClN2OP/c1-6(2)9(11(7)10)5-3-4-8/h6H,3,5H2,1-2H3/q+1. The first kappa shape index (κ1) is 10.8. The highest BCUT2D eigenvalue weighted by Crippen LogP contribution is 2.34. The molecular formula is C6H11ClN2OP+. The van der Waals surface area contributed by atoms with Crippen molar-refractivity contribution in [1.29, 1.82) is 5.26 Å². The zero-order valence-electron chi connectivity index (χ0n) is 6.62. The van der Waals surface area contributed by atoms with Crippen LogP contribution in [0.5, 0.6) is 0 Å². The van der Waals surface area contributed by atoms with Gasteiger partial charge in [-0.15, -0.1) is 0 Å². The second kappa shape index (κ2) is 5.49. The van der Waals surface area contributed by atoms with Gasteiger partial charge in [0.2, 0.25) is 11.2 Å². The fourth-order valence-electron chi connectivity index (χ4n) is 0.683. The van der Waals surface area contributed by atoms with Crippen molar-refractivity contribution in [3.05, 3.63) is 0 Å². The number of nitrogens with zero attached hydrogens (tertiary/aromatic N) is 2. The number of halogens is 1. The predicted molar refractivity (Wildman–Crippen MR) is 45.5 cm³/mol. The van der Waals surface area contributed by atoms with E-state index in [0.717, 1.165) is 0 Å².